The molecule has 1 aromatic rings. The smallest absolute Gasteiger partial charge is 0.325 e. The Balaban J connectivity index is 2.00. The summed E-state index contributed by atoms with van der Waals surface area (Å²) >= 11 is 0. The highest BCUT2D eigenvalue weighted by molar-refractivity contribution is 5.96. The van der Waals surface area contributed by atoms with E-state index in [9.17, 15) is 48.6 Å². The number of hydrogen-bond acceptors (Lipinski definition) is 10. The molecule has 1 aliphatic rings. The van der Waals surface area contributed by atoms with Crippen LogP contribution in [-0.2, 0) is 44.8 Å². The molecule has 1 aromatic carbocycles. The van der Waals surface area contributed by atoms with Crippen LogP contribution in [0.25, 0.3) is 0 Å². The van der Waals surface area contributed by atoms with Crippen molar-refractivity contribution in [3.63, 3.8) is 0 Å². The maximum Gasteiger partial charge on any atom is 0.325 e. The Morgan fingerprint density at radius 2 is 1.12 bits per heavy atom. The van der Waals surface area contributed by atoms with Crippen molar-refractivity contribution in [1.82, 2.24) is 37.2 Å². The predicted molar refractivity (Wildman–Crippen MR) is 223 cm³/mol. The van der Waals surface area contributed by atoms with E-state index in [2.05, 4.69) is 37.2 Å². The van der Waals surface area contributed by atoms with Gasteiger partial charge >= 0.3 is 5.97 Å². The van der Waals surface area contributed by atoms with Crippen molar-refractivity contribution < 1.29 is 53.3 Å². The molecular weight excluding hydrogens is 778 g/mol. The Kier molecular flexibility index (Phi) is 18.4. The molecule has 2 rings (SSSR count). The maximum atomic E-state index is 13.6. The van der Waals surface area contributed by atoms with E-state index >= 15 is 0 Å². The highest BCUT2D eigenvalue weighted by Gasteiger charge is 2.43. The molecule has 0 fully saturated rings. The fraction of sp³-hybridized carbons (Fsp3) is 0.667. The fourth-order valence-electron chi connectivity index (χ4n) is 6.60. The Labute approximate surface area is 352 Å². The van der Waals surface area contributed by atoms with Gasteiger partial charge in [-0.2, -0.15) is 0 Å². The van der Waals surface area contributed by atoms with Gasteiger partial charge in [0, 0.05) is 12.0 Å². The van der Waals surface area contributed by atoms with Gasteiger partial charge in [-0.25, -0.2) is 0 Å². The molecule has 1 heterocycles. The SMILES string of the molecule is CC[C@H](C)[C@H](NC(=O)[C@@H](NC(=O)[C@@H](NC(=O)CNC(=O)CNC(=O)[C@@H](NC(=O)C1(C)CCc2c(C)c(O)c(C)c(C)c2O1)C(C)C)C(C)C)C(C)C)C(=O)N[C@@H](C)C(=O)O. The molecule has 0 aromatic heterocycles. The second kappa shape index (κ2) is 21.7. The van der Waals surface area contributed by atoms with E-state index in [0.29, 0.717) is 36.1 Å². The molecule has 336 valence electrons. The van der Waals surface area contributed by atoms with E-state index in [1.54, 1.807) is 69.2 Å². The monoisotopic (exact) mass is 845 g/mol. The van der Waals surface area contributed by atoms with Crippen LogP contribution in [0.1, 0.15) is 104 Å². The Morgan fingerprint density at radius 3 is 1.63 bits per heavy atom. The summed E-state index contributed by atoms with van der Waals surface area (Å²) in [5.74, 6) is -6.79. The van der Waals surface area contributed by atoms with Crippen LogP contribution in [0.2, 0.25) is 0 Å². The van der Waals surface area contributed by atoms with Crippen molar-refractivity contribution in [2.75, 3.05) is 13.1 Å². The first-order valence-electron chi connectivity index (χ1n) is 20.6. The number of carbonyl (C=O) groups is 8. The van der Waals surface area contributed by atoms with Crippen LogP contribution in [-0.4, -0.2) is 106 Å². The average Bonchev–Trinajstić information content (AvgIpc) is 3.18. The molecule has 0 saturated heterocycles. The van der Waals surface area contributed by atoms with E-state index < -0.39 is 108 Å². The molecule has 0 radical (unpaired) electrons. The van der Waals surface area contributed by atoms with Crippen LogP contribution in [0.15, 0.2) is 0 Å². The van der Waals surface area contributed by atoms with Gasteiger partial charge in [-0.1, -0.05) is 61.8 Å². The van der Waals surface area contributed by atoms with Crippen molar-refractivity contribution in [2.24, 2.45) is 23.7 Å². The third kappa shape index (κ3) is 13.0. The van der Waals surface area contributed by atoms with E-state index in [-0.39, 0.29) is 17.6 Å². The molecule has 60 heavy (non-hydrogen) atoms. The van der Waals surface area contributed by atoms with Gasteiger partial charge < -0.3 is 52.2 Å². The van der Waals surface area contributed by atoms with Crippen molar-refractivity contribution in [3.05, 3.63) is 22.3 Å². The summed E-state index contributed by atoms with van der Waals surface area (Å²) in [7, 11) is 0. The van der Waals surface area contributed by atoms with Crippen LogP contribution >= 0.6 is 0 Å². The maximum absolute atomic E-state index is 13.6. The normalized spacial score (nSPS) is 17.7. The van der Waals surface area contributed by atoms with Gasteiger partial charge in [-0.15, -0.1) is 0 Å². The van der Waals surface area contributed by atoms with Gasteiger partial charge in [-0.3, -0.25) is 38.4 Å². The molecular formula is C42H67N7O11. The minimum absolute atomic E-state index is 0.194. The summed E-state index contributed by atoms with van der Waals surface area (Å²) in [5.41, 5.74) is 1.59. The van der Waals surface area contributed by atoms with Crippen LogP contribution in [0.3, 0.4) is 0 Å². The molecule has 0 saturated carbocycles. The number of amides is 7. The molecule has 9 N–H and O–H groups in total. The number of rotatable bonds is 20. The molecule has 0 spiro atoms. The van der Waals surface area contributed by atoms with Crippen LogP contribution < -0.4 is 42.0 Å². The van der Waals surface area contributed by atoms with Crippen molar-refractivity contribution in [2.45, 2.75) is 145 Å². The third-order valence-electron chi connectivity index (χ3n) is 11.1. The molecule has 7 amide bonds. The number of fused-ring (bicyclic) bond motifs is 1. The standard InChI is InChI=1S/C42H67N7O11/c1-14-22(8)33(39(56)45-26(12)40(57)58)48-38(55)32(21(6)7)47-37(54)31(20(4)5)46-29(51)18-43-28(50)17-44-36(53)30(19(2)3)49-41(59)42(13)16-15-27-25(11)34(52)23(9)24(10)35(27)60-42/h19-22,26,30-33,52H,14-18H2,1-13H3,(H,43,50)(H,44,53)(H,45,56)(H,46,51)(H,47,54)(H,48,55)(H,49,59)(H,57,58)/t22-,26-,30-,31-,32-,33-,42?/m0/s1. The number of ether oxygens (including phenoxy) is 1. The topological polar surface area (TPSA) is 270 Å². The fourth-order valence-corrected chi connectivity index (χ4v) is 6.60. The molecule has 1 aliphatic heterocycles. The predicted octanol–water partition coefficient (Wildman–Crippen LogP) is 1.18. The zero-order valence-electron chi connectivity index (χ0n) is 37.3. The number of carboxylic acids is 1. The lowest BCUT2D eigenvalue weighted by Gasteiger charge is -2.37. The van der Waals surface area contributed by atoms with Gasteiger partial charge in [0.25, 0.3) is 5.91 Å². The first-order chi connectivity index (χ1) is 27.8. The van der Waals surface area contributed by atoms with E-state index in [1.807, 2.05) is 13.8 Å². The molecule has 1 unspecified atom stereocenters. The van der Waals surface area contributed by atoms with Crippen molar-refractivity contribution >= 4 is 47.3 Å². The summed E-state index contributed by atoms with van der Waals surface area (Å²) in [4.78, 5) is 104. The van der Waals surface area contributed by atoms with Gasteiger partial charge in [0.1, 0.15) is 41.7 Å². The van der Waals surface area contributed by atoms with Crippen molar-refractivity contribution in [1.29, 1.82) is 0 Å². The lowest BCUT2D eigenvalue weighted by molar-refractivity contribution is -0.142. The number of carboxylic acid groups (broad SMARTS) is 1. The van der Waals surface area contributed by atoms with Gasteiger partial charge in [0.15, 0.2) is 5.60 Å². The summed E-state index contributed by atoms with van der Waals surface area (Å²) < 4.78 is 6.26. The Bertz CT molecular complexity index is 1800. The first-order valence-corrected chi connectivity index (χ1v) is 20.6. The highest BCUT2D eigenvalue weighted by atomic mass is 16.5. The highest BCUT2D eigenvalue weighted by Crippen LogP contribution is 2.43. The summed E-state index contributed by atoms with van der Waals surface area (Å²) in [6.45, 7) is 21.0. The second-order valence-corrected chi connectivity index (χ2v) is 17.0. The van der Waals surface area contributed by atoms with E-state index in [1.165, 1.54) is 6.92 Å². The number of aromatic hydroxyl groups is 1. The number of phenolic OH excluding ortho intramolecular Hbond substituents is 1. The first kappa shape index (κ1) is 50.7. The van der Waals surface area contributed by atoms with Gasteiger partial charge in [0.05, 0.1) is 13.1 Å². The third-order valence-corrected chi connectivity index (χ3v) is 11.1. The van der Waals surface area contributed by atoms with Crippen molar-refractivity contribution in [3.8, 4) is 11.5 Å². The molecule has 18 heteroatoms. The number of benzene rings is 1. The largest absolute Gasteiger partial charge is 0.507 e. The molecule has 7 atom stereocenters. The quantitative estimate of drug-likeness (QED) is 0.0900. The minimum Gasteiger partial charge on any atom is -0.507 e. The number of aliphatic carboxylic acids is 1. The average molecular weight is 846 g/mol. The summed E-state index contributed by atoms with van der Waals surface area (Å²) in [6.07, 6.45) is 1.26. The number of phenols is 1. The number of carbonyl (C=O) groups excluding carboxylic acids is 7. The minimum atomic E-state index is -1.31. The van der Waals surface area contributed by atoms with Crippen LogP contribution in [0.4, 0.5) is 0 Å². The number of hydrogen-bond donors (Lipinski definition) is 9. The lowest BCUT2D eigenvalue weighted by atomic mass is 9.86. The molecule has 0 aliphatic carbocycles. The van der Waals surface area contributed by atoms with E-state index in [4.69, 9.17) is 4.74 Å². The summed E-state index contributed by atoms with van der Waals surface area (Å²) in [6, 6.07) is -5.56. The number of nitrogens with one attached hydrogen (secondary N) is 7. The molecule has 0 bridgehead atoms. The van der Waals surface area contributed by atoms with Crippen LogP contribution in [0.5, 0.6) is 11.5 Å². The zero-order valence-corrected chi connectivity index (χ0v) is 37.3. The van der Waals surface area contributed by atoms with Gasteiger partial charge in [-0.05, 0) is 81.4 Å². The zero-order chi connectivity index (χ0) is 46.0. The lowest BCUT2D eigenvalue weighted by Crippen LogP contribution is -2.61. The van der Waals surface area contributed by atoms with Crippen LogP contribution in [0, 0.1) is 44.4 Å². The molecule has 18 nitrogen and oxygen atoms in total. The Hall–Kier alpha value is -5.42. The Morgan fingerprint density at radius 1 is 0.633 bits per heavy atom. The van der Waals surface area contributed by atoms with E-state index in [0.717, 1.165) is 11.1 Å². The second-order valence-electron chi connectivity index (χ2n) is 17.0. The van der Waals surface area contributed by atoms with Gasteiger partial charge in [0.2, 0.25) is 35.4 Å². The summed E-state index contributed by atoms with van der Waals surface area (Å²) in [5, 5.41) is 37.6.